The van der Waals surface area contributed by atoms with Gasteiger partial charge < -0.3 is 8.83 Å². The molecule has 0 unspecified atom stereocenters. The number of nitrogens with zero attached hydrogens (tertiary/aromatic N) is 3. The lowest BCUT2D eigenvalue weighted by atomic mass is 10.1. The van der Waals surface area contributed by atoms with Crippen LogP contribution < -0.4 is 0 Å². The van der Waals surface area contributed by atoms with Gasteiger partial charge in [-0.1, -0.05) is 90.9 Å². The normalized spacial score (nSPS) is 13.5. The van der Waals surface area contributed by atoms with Gasteiger partial charge in [0.1, 0.15) is 22.3 Å². The molecule has 0 saturated heterocycles. The second-order valence-electron chi connectivity index (χ2n) is 10.1. The molecule has 0 aliphatic carbocycles. The SMILES string of the molecule is [2H]c1c([2H])c([2H])c(-c2nc(-c3ccc4c(c3)oc3cc5ccccc5cc34)nc(-c3cccc4c3oc3ccccc34)n2)c([2H])c1[2H]. The number of hydrogen-bond donors (Lipinski definition) is 0. The smallest absolute Gasteiger partial charge is 0.167 e. The summed E-state index contributed by atoms with van der Waals surface area (Å²) in [6.07, 6.45) is 0. The minimum Gasteiger partial charge on any atom is -0.456 e. The van der Waals surface area contributed by atoms with E-state index in [2.05, 4.69) is 12.1 Å². The third-order valence-electron chi connectivity index (χ3n) is 7.60. The van der Waals surface area contributed by atoms with Crippen molar-refractivity contribution in [3.05, 3.63) is 127 Å². The summed E-state index contributed by atoms with van der Waals surface area (Å²) < 4.78 is 54.5. The zero-order valence-electron chi connectivity index (χ0n) is 26.9. The van der Waals surface area contributed by atoms with E-state index in [1.54, 1.807) is 0 Å². The van der Waals surface area contributed by atoms with Gasteiger partial charge in [-0.2, -0.15) is 0 Å². The predicted molar refractivity (Wildman–Crippen MR) is 168 cm³/mol. The lowest BCUT2D eigenvalue weighted by Crippen LogP contribution is -2.00. The molecule has 0 fully saturated rings. The quantitative estimate of drug-likeness (QED) is 0.221. The van der Waals surface area contributed by atoms with E-state index in [1.165, 1.54) is 0 Å². The molecule has 5 nitrogen and oxygen atoms in total. The monoisotopic (exact) mass is 544 g/mol. The molecule has 3 heterocycles. The van der Waals surface area contributed by atoms with E-state index >= 15 is 0 Å². The number of para-hydroxylation sites is 2. The van der Waals surface area contributed by atoms with Crippen LogP contribution in [-0.2, 0) is 0 Å². The van der Waals surface area contributed by atoms with E-state index in [0.29, 0.717) is 27.9 Å². The van der Waals surface area contributed by atoms with Gasteiger partial charge >= 0.3 is 0 Å². The summed E-state index contributed by atoms with van der Waals surface area (Å²) in [6, 6.07) is 29.1. The first-order valence-electron chi connectivity index (χ1n) is 15.9. The first-order chi connectivity index (χ1) is 22.9. The molecule has 196 valence electrons. The Labute approximate surface area is 246 Å². The van der Waals surface area contributed by atoms with E-state index in [9.17, 15) is 0 Å². The molecule has 0 aliphatic heterocycles. The Hall–Kier alpha value is -5.81. The second-order valence-corrected chi connectivity index (χ2v) is 10.1. The molecule has 0 spiro atoms. The van der Waals surface area contributed by atoms with Gasteiger partial charge in [-0.05, 0) is 47.2 Å². The number of rotatable bonds is 3. The van der Waals surface area contributed by atoms with E-state index < -0.39 is 30.2 Å². The zero-order valence-corrected chi connectivity index (χ0v) is 21.9. The summed E-state index contributed by atoms with van der Waals surface area (Å²) in [4.78, 5) is 14.3. The highest BCUT2D eigenvalue weighted by molar-refractivity contribution is 6.11. The number of fused-ring (bicyclic) bond motifs is 7. The molecule has 0 bridgehead atoms. The maximum absolute atomic E-state index is 8.65. The van der Waals surface area contributed by atoms with Gasteiger partial charge in [-0.15, -0.1) is 0 Å². The van der Waals surface area contributed by atoms with Crippen molar-refractivity contribution < 1.29 is 15.7 Å². The Balaban J connectivity index is 1.31. The molecule has 42 heavy (non-hydrogen) atoms. The third-order valence-corrected chi connectivity index (χ3v) is 7.60. The highest BCUT2D eigenvalue weighted by Gasteiger charge is 2.18. The fourth-order valence-corrected chi connectivity index (χ4v) is 5.62. The van der Waals surface area contributed by atoms with Gasteiger partial charge in [0, 0.05) is 32.7 Å². The van der Waals surface area contributed by atoms with Crippen LogP contribution in [0.25, 0.3) is 88.8 Å². The topological polar surface area (TPSA) is 65.0 Å². The van der Waals surface area contributed by atoms with E-state index in [-0.39, 0.29) is 23.0 Å². The van der Waals surface area contributed by atoms with Gasteiger partial charge in [0.15, 0.2) is 17.5 Å². The molecule has 6 aromatic carbocycles. The Morgan fingerprint density at radius 2 is 1.17 bits per heavy atom. The minimum atomic E-state index is -0.492. The van der Waals surface area contributed by atoms with Crippen molar-refractivity contribution in [2.45, 2.75) is 0 Å². The van der Waals surface area contributed by atoms with Crippen LogP contribution in [0.5, 0.6) is 0 Å². The van der Waals surface area contributed by atoms with E-state index in [0.717, 1.165) is 37.9 Å². The molecule has 0 amide bonds. The van der Waals surface area contributed by atoms with Gasteiger partial charge in [0.05, 0.1) is 12.4 Å². The summed E-state index contributed by atoms with van der Waals surface area (Å²) in [5, 5.41) is 5.91. The fourth-order valence-electron chi connectivity index (χ4n) is 5.62. The van der Waals surface area contributed by atoms with Crippen molar-refractivity contribution in [1.29, 1.82) is 0 Å². The van der Waals surface area contributed by atoms with Crippen LogP contribution in [0.15, 0.2) is 136 Å². The first kappa shape index (κ1) is 18.5. The largest absolute Gasteiger partial charge is 0.456 e. The van der Waals surface area contributed by atoms with Crippen LogP contribution in [0.2, 0.25) is 0 Å². The average molecular weight is 545 g/mol. The Morgan fingerprint density at radius 3 is 2.05 bits per heavy atom. The average Bonchev–Trinajstić information content (AvgIpc) is 3.66. The van der Waals surface area contributed by atoms with Crippen LogP contribution in [0.3, 0.4) is 0 Å². The number of benzene rings is 6. The van der Waals surface area contributed by atoms with Crippen LogP contribution in [-0.4, -0.2) is 15.0 Å². The molecule has 0 N–H and O–H groups in total. The van der Waals surface area contributed by atoms with E-state index in [4.69, 9.17) is 30.6 Å². The zero-order chi connectivity index (χ0) is 32.0. The Bertz CT molecular complexity index is 2740. The molecule has 5 heteroatoms. The molecule has 9 rings (SSSR count). The maximum Gasteiger partial charge on any atom is 0.167 e. The number of aromatic nitrogens is 3. The fraction of sp³-hybridized carbons (Fsp3) is 0. The lowest BCUT2D eigenvalue weighted by Gasteiger charge is -2.08. The van der Waals surface area contributed by atoms with E-state index in [1.807, 2.05) is 84.9 Å². The van der Waals surface area contributed by atoms with Gasteiger partial charge in [0.2, 0.25) is 0 Å². The van der Waals surface area contributed by atoms with Crippen molar-refractivity contribution in [1.82, 2.24) is 15.0 Å². The summed E-state index contributed by atoms with van der Waals surface area (Å²) in [7, 11) is 0. The molecule has 9 aromatic rings. The molecule has 0 radical (unpaired) electrons. The van der Waals surface area contributed by atoms with Gasteiger partial charge in [-0.3, -0.25) is 0 Å². The van der Waals surface area contributed by atoms with Crippen molar-refractivity contribution in [2.24, 2.45) is 0 Å². The minimum absolute atomic E-state index is 0.0499. The molecular weight excluding hydrogens is 518 g/mol. The first-order valence-corrected chi connectivity index (χ1v) is 13.4. The highest BCUT2D eigenvalue weighted by atomic mass is 16.3. The molecule has 3 aromatic heterocycles. The highest BCUT2D eigenvalue weighted by Crippen LogP contribution is 2.37. The molecular formula is C37H21N3O2. The summed E-state index contributed by atoms with van der Waals surface area (Å²) >= 11 is 0. The summed E-state index contributed by atoms with van der Waals surface area (Å²) in [6.45, 7) is 0. The van der Waals surface area contributed by atoms with Crippen molar-refractivity contribution in [3.63, 3.8) is 0 Å². The van der Waals surface area contributed by atoms with Gasteiger partial charge in [0.25, 0.3) is 0 Å². The summed E-state index contributed by atoms with van der Waals surface area (Å²) in [5.41, 5.74) is 3.73. The van der Waals surface area contributed by atoms with Crippen LogP contribution in [0.1, 0.15) is 6.85 Å². The van der Waals surface area contributed by atoms with Crippen LogP contribution in [0.4, 0.5) is 0 Å². The Morgan fingerprint density at radius 1 is 0.476 bits per heavy atom. The number of hydrogen-bond acceptors (Lipinski definition) is 5. The summed E-state index contributed by atoms with van der Waals surface area (Å²) in [5.74, 6) is 0.431. The van der Waals surface area contributed by atoms with Gasteiger partial charge in [-0.25, -0.2) is 15.0 Å². The van der Waals surface area contributed by atoms with Crippen LogP contribution >= 0.6 is 0 Å². The van der Waals surface area contributed by atoms with Crippen molar-refractivity contribution in [2.75, 3.05) is 0 Å². The Kier molecular flexibility index (Phi) is 3.90. The predicted octanol–water partition coefficient (Wildman–Crippen LogP) is 9.82. The molecule has 0 saturated carbocycles. The standard InChI is InChI=1S/C37H21N3O2/c1-2-9-22(10-3-1)35-38-36(40-37(39-35)29-15-8-14-28-26-13-6-7-16-31(26)42-34(28)29)25-17-18-27-30-19-23-11-4-5-12-24(23)20-33(30)41-32(27)21-25/h1-21H/i1D,2D,3D,9D,10D. The molecule has 0 aliphatic rings. The lowest BCUT2D eigenvalue weighted by molar-refractivity contribution is 0.669. The molecule has 0 atom stereocenters. The number of furan rings is 2. The second kappa shape index (κ2) is 8.85. The van der Waals surface area contributed by atoms with Crippen LogP contribution in [0, 0.1) is 0 Å². The third kappa shape index (κ3) is 3.54. The van der Waals surface area contributed by atoms with Crippen molar-refractivity contribution in [3.8, 4) is 34.2 Å². The maximum atomic E-state index is 8.65. The van der Waals surface area contributed by atoms with Crippen molar-refractivity contribution >= 4 is 54.6 Å².